The molecular weight excluding hydrogens is 483 g/mol. The number of nitrogens with zero attached hydrogens (tertiary/aromatic N) is 3. The van der Waals surface area contributed by atoms with E-state index in [1.165, 1.54) is 12.3 Å². The first-order chi connectivity index (χ1) is 18.4. The van der Waals surface area contributed by atoms with Crippen LogP contribution in [-0.2, 0) is 0 Å². The fraction of sp³-hybridized carbons (Fsp3) is 0.172. The van der Waals surface area contributed by atoms with Crippen LogP contribution in [0, 0.1) is 5.82 Å². The number of nitrogen functional groups attached to an aromatic ring is 1. The van der Waals surface area contributed by atoms with Crippen LogP contribution in [0.4, 0.5) is 21.6 Å². The number of nitrogens with two attached hydrogens (primary N) is 2. The van der Waals surface area contributed by atoms with Gasteiger partial charge in [-0.1, -0.05) is 42.5 Å². The first-order valence-electron chi connectivity index (χ1n) is 12.3. The topological polar surface area (TPSA) is 127 Å². The molecule has 0 unspecified atom stereocenters. The minimum atomic E-state index is -0.618. The number of hydrogen-bond acceptors (Lipinski definition) is 7. The van der Waals surface area contributed by atoms with Crippen LogP contribution in [-0.4, -0.2) is 40.8 Å². The zero-order valence-electron chi connectivity index (χ0n) is 20.6. The zero-order valence-corrected chi connectivity index (χ0v) is 20.6. The number of aromatic nitrogens is 2. The van der Waals surface area contributed by atoms with E-state index in [1.807, 2.05) is 12.1 Å². The predicted octanol–water partition coefficient (Wildman–Crippen LogP) is 4.28. The van der Waals surface area contributed by atoms with Crippen molar-refractivity contribution >= 4 is 28.9 Å². The SMILES string of the molecule is Nc1ncc(-c2ccccc2F)nc1C(=O)Nc1cc(C(=O)c2ccccc2)ccc1N1CCC(N)CC1. The van der Waals surface area contributed by atoms with Crippen molar-refractivity contribution in [2.75, 3.05) is 29.0 Å². The Balaban J connectivity index is 1.50. The maximum atomic E-state index is 14.4. The van der Waals surface area contributed by atoms with Crippen molar-refractivity contribution in [2.24, 2.45) is 5.73 Å². The molecule has 38 heavy (non-hydrogen) atoms. The van der Waals surface area contributed by atoms with Gasteiger partial charge in [-0.05, 0) is 43.2 Å². The monoisotopic (exact) mass is 510 g/mol. The molecule has 4 aromatic rings. The van der Waals surface area contributed by atoms with Crippen molar-refractivity contribution in [2.45, 2.75) is 18.9 Å². The molecule has 1 amide bonds. The van der Waals surface area contributed by atoms with E-state index in [0.29, 0.717) is 29.9 Å². The summed E-state index contributed by atoms with van der Waals surface area (Å²) in [7, 11) is 0. The van der Waals surface area contributed by atoms with Gasteiger partial charge in [0.2, 0.25) is 0 Å². The van der Waals surface area contributed by atoms with Gasteiger partial charge in [0.15, 0.2) is 17.3 Å². The van der Waals surface area contributed by atoms with Crippen LogP contribution < -0.4 is 21.7 Å². The van der Waals surface area contributed by atoms with Gasteiger partial charge in [0, 0.05) is 35.8 Å². The Labute approximate surface area is 219 Å². The Morgan fingerprint density at radius 1 is 0.947 bits per heavy atom. The van der Waals surface area contributed by atoms with Crippen LogP contribution in [0.3, 0.4) is 0 Å². The molecule has 3 aromatic carbocycles. The molecular formula is C29H27FN6O2. The Hall–Kier alpha value is -4.63. The van der Waals surface area contributed by atoms with Crippen LogP contribution in [0.1, 0.15) is 39.3 Å². The van der Waals surface area contributed by atoms with Crippen molar-refractivity contribution < 1.29 is 14.0 Å². The fourth-order valence-corrected chi connectivity index (χ4v) is 4.50. The van der Waals surface area contributed by atoms with Crippen LogP contribution in [0.15, 0.2) is 79.0 Å². The summed E-state index contributed by atoms with van der Waals surface area (Å²) < 4.78 is 14.4. The standard InChI is InChI=1S/C29H27FN6O2/c30-22-9-5-4-8-21(22)24-17-33-28(32)26(34-24)29(38)35-23-16-19(27(37)18-6-2-1-3-7-18)10-11-25(23)36-14-12-20(31)13-15-36/h1-11,16-17,20H,12-15,31H2,(H2,32,33)(H,35,38). The number of hydrogen-bond donors (Lipinski definition) is 3. The number of anilines is 3. The summed E-state index contributed by atoms with van der Waals surface area (Å²) in [5.74, 6) is -1.37. The van der Waals surface area contributed by atoms with Crippen molar-refractivity contribution in [1.82, 2.24) is 9.97 Å². The van der Waals surface area contributed by atoms with E-state index in [-0.39, 0.29) is 34.6 Å². The maximum Gasteiger partial charge on any atom is 0.278 e. The second-order valence-corrected chi connectivity index (χ2v) is 9.17. The molecule has 1 aliphatic rings. The minimum Gasteiger partial charge on any atom is -0.382 e. The van der Waals surface area contributed by atoms with Crippen molar-refractivity contribution in [3.05, 3.63) is 102 Å². The van der Waals surface area contributed by atoms with Crippen molar-refractivity contribution in [3.8, 4) is 11.3 Å². The van der Waals surface area contributed by atoms with E-state index in [2.05, 4.69) is 20.2 Å². The molecule has 5 rings (SSSR count). The van der Waals surface area contributed by atoms with Gasteiger partial charge in [-0.25, -0.2) is 14.4 Å². The van der Waals surface area contributed by atoms with E-state index >= 15 is 0 Å². The molecule has 9 heteroatoms. The number of halogens is 1. The van der Waals surface area contributed by atoms with Gasteiger partial charge >= 0.3 is 0 Å². The molecule has 8 nitrogen and oxygen atoms in total. The smallest absolute Gasteiger partial charge is 0.278 e. The summed E-state index contributed by atoms with van der Waals surface area (Å²) in [6.45, 7) is 1.42. The average molecular weight is 511 g/mol. The highest BCUT2D eigenvalue weighted by Gasteiger charge is 2.23. The number of nitrogens with one attached hydrogen (secondary N) is 1. The largest absolute Gasteiger partial charge is 0.382 e. The Kier molecular flexibility index (Phi) is 7.10. The number of carbonyl (C=O) groups is 2. The average Bonchev–Trinajstić information content (AvgIpc) is 2.94. The lowest BCUT2D eigenvalue weighted by Crippen LogP contribution is -2.40. The van der Waals surface area contributed by atoms with Gasteiger partial charge in [0.25, 0.3) is 5.91 Å². The molecule has 1 aliphatic heterocycles. The molecule has 1 saturated heterocycles. The number of rotatable bonds is 6. The molecule has 2 heterocycles. The van der Waals surface area contributed by atoms with Gasteiger partial charge in [-0.3, -0.25) is 9.59 Å². The van der Waals surface area contributed by atoms with Gasteiger partial charge in [-0.15, -0.1) is 0 Å². The molecule has 0 spiro atoms. The molecule has 0 saturated carbocycles. The first kappa shape index (κ1) is 25.0. The Bertz CT molecular complexity index is 1490. The fourth-order valence-electron chi connectivity index (χ4n) is 4.50. The number of amides is 1. The third-order valence-electron chi connectivity index (χ3n) is 6.59. The molecule has 1 aromatic heterocycles. The van der Waals surface area contributed by atoms with Gasteiger partial charge in [0.1, 0.15) is 5.82 Å². The first-order valence-corrected chi connectivity index (χ1v) is 12.3. The summed E-state index contributed by atoms with van der Waals surface area (Å²) in [6.07, 6.45) is 2.94. The lowest BCUT2D eigenvalue weighted by Gasteiger charge is -2.33. The van der Waals surface area contributed by atoms with Crippen LogP contribution in [0.2, 0.25) is 0 Å². The highest BCUT2D eigenvalue weighted by atomic mass is 19.1. The maximum absolute atomic E-state index is 14.4. The summed E-state index contributed by atoms with van der Waals surface area (Å²) in [6, 6.07) is 20.4. The van der Waals surface area contributed by atoms with Crippen molar-refractivity contribution in [1.29, 1.82) is 0 Å². The van der Waals surface area contributed by atoms with E-state index in [9.17, 15) is 14.0 Å². The highest BCUT2D eigenvalue weighted by Crippen LogP contribution is 2.31. The van der Waals surface area contributed by atoms with Crippen molar-refractivity contribution in [3.63, 3.8) is 0 Å². The third-order valence-corrected chi connectivity index (χ3v) is 6.59. The highest BCUT2D eigenvalue weighted by molar-refractivity contribution is 6.12. The number of carbonyl (C=O) groups excluding carboxylic acids is 2. The molecule has 0 bridgehead atoms. The predicted molar refractivity (Wildman–Crippen MR) is 146 cm³/mol. The summed E-state index contributed by atoms with van der Waals surface area (Å²) in [5, 5.41) is 2.88. The molecule has 0 atom stereocenters. The second-order valence-electron chi connectivity index (χ2n) is 9.17. The molecule has 0 radical (unpaired) electrons. The molecule has 1 fully saturated rings. The lowest BCUT2D eigenvalue weighted by molar-refractivity contribution is 0.101. The quantitative estimate of drug-likeness (QED) is 0.331. The second kappa shape index (κ2) is 10.8. The van der Waals surface area contributed by atoms with Crippen LogP contribution >= 0.6 is 0 Å². The summed E-state index contributed by atoms with van der Waals surface area (Å²) >= 11 is 0. The van der Waals surface area contributed by atoms with Gasteiger partial charge in [0.05, 0.1) is 23.3 Å². The Morgan fingerprint density at radius 2 is 1.66 bits per heavy atom. The van der Waals surface area contributed by atoms with E-state index < -0.39 is 11.7 Å². The van der Waals surface area contributed by atoms with E-state index in [0.717, 1.165) is 18.5 Å². The third kappa shape index (κ3) is 5.23. The molecule has 192 valence electrons. The Morgan fingerprint density at radius 3 is 2.39 bits per heavy atom. The lowest BCUT2D eigenvalue weighted by atomic mass is 10.0. The normalized spacial score (nSPS) is 13.8. The zero-order chi connectivity index (χ0) is 26.6. The van der Waals surface area contributed by atoms with Gasteiger partial charge < -0.3 is 21.7 Å². The minimum absolute atomic E-state index is 0.0930. The number of piperidine rings is 1. The van der Waals surface area contributed by atoms with Crippen LogP contribution in [0.5, 0.6) is 0 Å². The molecule has 5 N–H and O–H groups in total. The molecule has 0 aliphatic carbocycles. The van der Waals surface area contributed by atoms with Gasteiger partial charge in [-0.2, -0.15) is 0 Å². The van der Waals surface area contributed by atoms with E-state index in [1.54, 1.807) is 54.6 Å². The number of benzene rings is 3. The summed E-state index contributed by atoms with van der Waals surface area (Å²) in [5.41, 5.74) is 14.5. The van der Waals surface area contributed by atoms with Crippen LogP contribution in [0.25, 0.3) is 11.3 Å². The van der Waals surface area contributed by atoms with E-state index in [4.69, 9.17) is 11.5 Å². The summed E-state index contributed by atoms with van der Waals surface area (Å²) in [4.78, 5) is 37.1. The number of ketones is 1.